The van der Waals surface area contributed by atoms with Gasteiger partial charge in [-0.05, 0) is 24.3 Å². The van der Waals surface area contributed by atoms with E-state index < -0.39 is 11.2 Å². The van der Waals surface area contributed by atoms with Gasteiger partial charge in [-0.3, -0.25) is 4.79 Å². The van der Waals surface area contributed by atoms with E-state index in [9.17, 15) is 4.79 Å². The maximum atomic E-state index is 10.3. The van der Waals surface area contributed by atoms with Crippen LogP contribution < -0.4 is 11.5 Å². The Balaban J connectivity index is 0.000000364. The number of anilines is 1. The number of aromatic carboxylic acids is 1. The third-order valence-corrected chi connectivity index (χ3v) is 1.16. The fourth-order valence-electron chi connectivity index (χ4n) is 0.626. The van der Waals surface area contributed by atoms with E-state index >= 15 is 0 Å². The average Bonchev–Trinajstić information content (AvgIpc) is 2.03. The quantitative estimate of drug-likeness (QED) is 0.412. The van der Waals surface area contributed by atoms with Gasteiger partial charge in [0.2, 0.25) is 0 Å². The van der Waals surface area contributed by atoms with Crippen molar-refractivity contribution in [3.05, 3.63) is 29.8 Å². The lowest BCUT2D eigenvalue weighted by Gasteiger charge is -1.93. The first-order valence-electron chi connectivity index (χ1n) is 3.50. The van der Waals surface area contributed by atoms with Crippen molar-refractivity contribution >= 4 is 29.5 Å². The van der Waals surface area contributed by atoms with Gasteiger partial charge < -0.3 is 16.6 Å². The molecule has 0 atom stereocenters. The van der Waals surface area contributed by atoms with Crippen LogP contribution in [0.15, 0.2) is 24.3 Å². The first kappa shape index (κ1) is 12.3. The molecule has 1 rings (SSSR count). The number of hydrogen-bond donors (Lipinski definition) is 4. The third-order valence-electron chi connectivity index (χ3n) is 1.16. The second kappa shape index (κ2) is 5.87. The first-order valence-corrected chi connectivity index (χ1v) is 3.95. The van der Waals surface area contributed by atoms with Gasteiger partial charge in [0.05, 0.1) is 5.56 Å². The Morgan fingerprint density at radius 1 is 1.21 bits per heavy atom. The van der Waals surface area contributed by atoms with Crippen LogP contribution in [0.25, 0.3) is 0 Å². The van der Waals surface area contributed by atoms with Crippen LogP contribution in [0.1, 0.15) is 10.4 Å². The SMILES string of the molecule is NC(=O)S.Nc1ccc(C(=O)O)cc1. The molecule has 1 aromatic rings. The number of carboxylic acids is 1. The van der Waals surface area contributed by atoms with Gasteiger partial charge in [0.25, 0.3) is 5.24 Å². The molecular weight excluding hydrogens is 204 g/mol. The predicted molar refractivity (Wildman–Crippen MR) is 56.4 cm³/mol. The van der Waals surface area contributed by atoms with Crippen LogP contribution in [0.4, 0.5) is 10.5 Å². The molecule has 0 unspecified atom stereocenters. The molecule has 14 heavy (non-hydrogen) atoms. The summed E-state index contributed by atoms with van der Waals surface area (Å²) in [5.74, 6) is -0.931. The van der Waals surface area contributed by atoms with Crippen LogP contribution in [0.2, 0.25) is 0 Å². The number of hydrogen-bond acceptors (Lipinski definition) is 3. The summed E-state index contributed by atoms with van der Waals surface area (Å²) >= 11 is 3.10. The average molecular weight is 214 g/mol. The maximum absolute atomic E-state index is 10.3. The molecule has 0 bridgehead atoms. The molecule has 0 spiro atoms. The third kappa shape index (κ3) is 5.90. The van der Waals surface area contributed by atoms with Gasteiger partial charge in [-0.25, -0.2) is 4.79 Å². The van der Waals surface area contributed by atoms with Crippen LogP contribution in [0.3, 0.4) is 0 Å². The van der Waals surface area contributed by atoms with Gasteiger partial charge in [-0.1, -0.05) is 12.6 Å². The first-order chi connectivity index (χ1) is 6.43. The van der Waals surface area contributed by atoms with E-state index in [4.69, 9.17) is 15.6 Å². The van der Waals surface area contributed by atoms with E-state index in [0.717, 1.165) is 0 Å². The number of primary amides is 1. The van der Waals surface area contributed by atoms with Gasteiger partial charge in [0.1, 0.15) is 0 Å². The summed E-state index contributed by atoms with van der Waals surface area (Å²) < 4.78 is 0. The summed E-state index contributed by atoms with van der Waals surface area (Å²) in [5.41, 5.74) is 10.5. The molecule has 0 aliphatic carbocycles. The van der Waals surface area contributed by atoms with E-state index in [-0.39, 0.29) is 5.56 Å². The molecule has 76 valence electrons. The number of rotatable bonds is 1. The minimum atomic E-state index is -0.931. The van der Waals surface area contributed by atoms with Gasteiger partial charge in [0, 0.05) is 5.69 Å². The van der Waals surface area contributed by atoms with Crippen molar-refractivity contribution in [1.29, 1.82) is 0 Å². The van der Waals surface area contributed by atoms with Crippen LogP contribution in [0.5, 0.6) is 0 Å². The highest BCUT2D eigenvalue weighted by Gasteiger charge is 1.98. The fraction of sp³-hybridized carbons (Fsp3) is 0. The van der Waals surface area contributed by atoms with Gasteiger partial charge in [-0.2, -0.15) is 0 Å². The maximum Gasteiger partial charge on any atom is 0.335 e. The smallest absolute Gasteiger partial charge is 0.335 e. The topological polar surface area (TPSA) is 106 Å². The van der Waals surface area contributed by atoms with Crippen molar-refractivity contribution in [1.82, 2.24) is 0 Å². The van der Waals surface area contributed by atoms with E-state index in [2.05, 4.69) is 18.4 Å². The number of carbonyl (C=O) groups is 2. The van der Waals surface area contributed by atoms with Crippen LogP contribution in [-0.4, -0.2) is 16.3 Å². The Bertz CT molecular complexity index is 320. The minimum absolute atomic E-state index is 0.259. The lowest BCUT2D eigenvalue weighted by atomic mass is 10.2. The summed E-state index contributed by atoms with van der Waals surface area (Å²) in [5, 5.41) is 7.80. The number of nitrogens with two attached hydrogens (primary N) is 2. The van der Waals surface area contributed by atoms with E-state index in [0.29, 0.717) is 5.69 Å². The minimum Gasteiger partial charge on any atom is -0.478 e. The summed E-state index contributed by atoms with van der Waals surface area (Å²) in [4.78, 5) is 19.4. The highest BCUT2D eigenvalue weighted by Crippen LogP contribution is 2.04. The number of thiol groups is 1. The van der Waals surface area contributed by atoms with E-state index in [1.54, 1.807) is 12.1 Å². The summed E-state index contributed by atoms with van der Waals surface area (Å²) in [6.45, 7) is 0. The lowest BCUT2D eigenvalue weighted by Crippen LogP contribution is -1.95. The van der Waals surface area contributed by atoms with Crippen LogP contribution in [0, 0.1) is 0 Å². The molecule has 0 saturated heterocycles. The van der Waals surface area contributed by atoms with Crippen molar-refractivity contribution < 1.29 is 14.7 Å². The molecule has 0 aliphatic rings. The molecule has 0 radical (unpaired) electrons. The number of benzene rings is 1. The van der Waals surface area contributed by atoms with E-state index in [1.165, 1.54) is 12.1 Å². The fourth-order valence-corrected chi connectivity index (χ4v) is 0.626. The second-order valence-corrected chi connectivity index (χ2v) is 2.71. The van der Waals surface area contributed by atoms with Crippen LogP contribution in [-0.2, 0) is 0 Å². The molecule has 0 heterocycles. The Morgan fingerprint density at radius 2 is 1.57 bits per heavy atom. The van der Waals surface area contributed by atoms with Gasteiger partial charge in [0.15, 0.2) is 0 Å². The monoisotopic (exact) mass is 214 g/mol. The molecule has 0 fully saturated rings. The molecule has 5 N–H and O–H groups in total. The molecule has 0 aromatic heterocycles. The molecule has 0 saturated carbocycles. The zero-order chi connectivity index (χ0) is 11.1. The van der Waals surface area contributed by atoms with Crippen molar-refractivity contribution in [2.24, 2.45) is 5.73 Å². The summed E-state index contributed by atoms with van der Waals surface area (Å²) in [7, 11) is 0. The number of carboxylic acid groups (broad SMARTS) is 1. The van der Waals surface area contributed by atoms with Crippen molar-refractivity contribution in [2.45, 2.75) is 0 Å². The number of amides is 1. The van der Waals surface area contributed by atoms with Crippen molar-refractivity contribution in [3.63, 3.8) is 0 Å². The van der Waals surface area contributed by atoms with Gasteiger partial charge in [-0.15, -0.1) is 0 Å². The lowest BCUT2D eigenvalue weighted by molar-refractivity contribution is 0.0697. The van der Waals surface area contributed by atoms with Gasteiger partial charge >= 0.3 is 5.97 Å². The summed E-state index contributed by atoms with van der Waals surface area (Å²) in [6.07, 6.45) is 0. The Kier molecular flexibility index (Phi) is 5.16. The van der Waals surface area contributed by atoms with E-state index in [1.807, 2.05) is 0 Å². The Morgan fingerprint density at radius 3 is 1.86 bits per heavy atom. The second-order valence-electron chi connectivity index (χ2n) is 2.27. The largest absolute Gasteiger partial charge is 0.478 e. The Labute approximate surface area is 86.1 Å². The Hall–Kier alpha value is -1.69. The molecule has 6 heteroatoms. The van der Waals surface area contributed by atoms with Crippen molar-refractivity contribution in [2.75, 3.05) is 5.73 Å². The van der Waals surface area contributed by atoms with Crippen molar-refractivity contribution in [3.8, 4) is 0 Å². The predicted octanol–water partition coefficient (Wildman–Crippen LogP) is 0.962. The number of nitrogen functional groups attached to an aromatic ring is 1. The normalized spacial score (nSPS) is 8.36. The summed E-state index contributed by atoms with van der Waals surface area (Å²) in [6, 6.07) is 6.06. The molecular formula is C8H10N2O3S. The zero-order valence-corrected chi connectivity index (χ0v) is 8.07. The van der Waals surface area contributed by atoms with Crippen LogP contribution >= 0.6 is 12.6 Å². The molecule has 5 nitrogen and oxygen atoms in total. The molecule has 1 amide bonds. The molecule has 0 aliphatic heterocycles. The highest BCUT2D eigenvalue weighted by atomic mass is 32.1. The highest BCUT2D eigenvalue weighted by molar-refractivity contribution is 7.96. The number of carbonyl (C=O) groups excluding carboxylic acids is 1. The molecule has 1 aromatic carbocycles. The zero-order valence-electron chi connectivity index (χ0n) is 7.18. The standard InChI is InChI=1S/C7H7NO2.CH3NOS/c8-6-3-1-5(2-4-6)7(9)10;2-1(3)4/h1-4H,8H2,(H,9,10);(H3,2,3,4).